The SMILES string of the molecule is CCCCCCCCOc1ccc([I+]c2c(OC)cc(OC)cc2OC)cc1.Cc1ccc(S(=O)(=O)[O-])cc1. The summed E-state index contributed by atoms with van der Waals surface area (Å²) in [6.45, 7) is 4.86. The maximum Gasteiger partial charge on any atom is 0.366 e. The molecule has 0 unspecified atom stereocenters. The molecule has 0 bridgehead atoms. The van der Waals surface area contributed by atoms with Crippen LogP contribution in [0.1, 0.15) is 51.0 Å². The quantitative estimate of drug-likeness (QED) is 0.147. The van der Waals surface area contributed by atoms with Gasteiger partial charge in [0.05, 0.1) is 32.8 Å². The minimum Gasteiger partial charge on any atom is -0.744 e. The first-order valence-electron chi connectivity index (χ1n) is 12.9. The highest BCUT2D eigenvalue weighted by Crippen LogP contribution is 2.27. The van der Waals surface area contributed by atoms with E-state index < -0.39 is 31.3 Å². The first-order valence-corrected chi connectivity index (χ1v) is 16.5. The van der Waals surface area contributed by atoms with Gasteiger partial charge < -0.3 is 23.5 Å². The summed E-state index contributed by atoms with van der Waals surface area (Å²) in [6.07, 6.45) is 7.66. The number of benzene rings is 3. The van der Waals surface area contributed by atoms with Crippen LogP contribution < -0.4 is 40.2 Å². The fraction of sp³-hybridized carbons (Fsp3) is 0.400. The third kappa shape index (κ3) is 11.6. The molecule has 0 amide bonds. The van der Waals surface area contributed by atoms with Crippen LogP contribution in [-0.4, -0.2) is 40.9 Å². The van der Waals surface area contributed by atoms with E-state index in [-0.39, 0.29) is 4.90 Å². The molecular weight excluding hydrogens is 631 g/mol. The predicted molar refractivity (Wildman–Crippen MR) is 148 cm³/mol. The second-order valence-electron chi connectivity index (χ2n) is 8.78. The van der Waals surface area contributed by atoms with Crippen LogP contribution in [0.3, 0.4) is 0 Å². The van der Waals surface area contributed by atoms with Gasteiger partial charge in [-0.2, -0.15) is 0 Å². The molecule has 0 saturated heterocycles. The van der Waals surface area contributed by atoms with Crippen LogP contribution in [0.15, 0.2) is 65.6 Å². The minimum atomic E-state index is -4.27. The predicted octanol–water partition coefficient (Wildman–Crippen LogP) is 3.48. The maximum absolute atomic E-state index is 10.4. The molecule has 0 fully saturated rings. The van der Waals surface area contributed by atoms with E-state index in [9.17, 15) is 13.0 Å². The number of aryl methyl sites for hydroxylation is 1. The van der Waals surface area contributed by atoms with Gasteiger partial charge in [-0.25, -0.2) is 8.42 Å². The van der Waals surface area contributed by atoms with Crippen LogP contribution in [0, 0.1) is 14.1 Å². The monoisotopic (exact) mass is 670 g/mol. The van der Waals surface area contributed by atoms with Crippen molar-refractivity contribution in [3.8, 4) is 23.0 Å². The minimum absolute atomic E-state index is 0.178. The lowest BCUT2D eigenvalue weighted by Gasteiger charge is -2.08. The summed E-state index contributed by atoms with van der Waals surface area (Å²) in [4.78, 5) is -0.178. The Morgan fingerprint density at radius 1 is 0.744 bits per heavy atom. The lowest BCUT2D eigenvalue weighted by atomic mass is 10.1. The standard InChI is InChI=1S/C23H32IO4.C7H8O3S/c1-5-6-7-8-9-10-15-28-19-13-11-18(12-14-19)24-23-21(26-3)16-20(25-2)17-22(23)27-4;1-6-2-4-7(5-3-6)11(8,9)10/h11-14,16-17H,5-10,15H2,1-4H3;2-5H,1H3,(H,8,9,10)/q+1;/p-1. The third-order valence-electron chi connectivity index (χ3n) is 5.75. The third-order valence-corrected chi connectivity index (χ3v) is 9.54. The zero-order valence-electron chi connectivity index (χ0n) is 23.4. The Bertz CT molecular complexity index is 1200. The average molecular weight is 671 g/mol. The molecule has 0 aliphatic carbocycles. The molecule has 7 nitrogen and oxygen atoms in total. The second kappa shape index (κ2) is 17.2. The van der Waals surface area contributed by atoms with Gasteiger partial charge in [0.15, 0.2) is 15.1 Å². The molecule has 0 radical (unpaired) electrons. The highest BCUT2D eigenvalue weighted by atomic mass is 127. The zero-order valence-corrected chi connectivity index (χ0v) is 26.3. The molecule has 9 heteroatoms. The molecule has 0 aromatic heterocycles. The van der Waals surface area contributed by atoms with Gasteiger partial charge in [0.1, 0.15) is 21.6 Å². The van der Waals surface area contributed by atoms with Crippen molar-refractivity contribution in [2.75, 3.05) is 27.9 Å². The van der Waals surface area contributed by atoms with Crippen LogP contribution in [-0.2, 0) is 10.1 Å². The summed E-state index contributed by atoms with van der Waals surface area (Å²) in [5.41, 5.74) is 0.928. The molecule has 0 spiro atoms. The lowest BCUT2D eigenvalue weighted by Crippen LogP contribution is -3.61. The summed E-state index contributed by atoms with van der Waals surface area (Å²) in [7, 11) is 0.739. The van der Waals surface area contributed by atoms with E-state index >= 15 is 0 Å². The summed E-state index contributed by atoms with van der Waals surface area (Å²) in [6, 6.07) is 18.0. The smallest absolute Gasteiger partial charge is 0.366 e. The first-order chi connectivity index (χ1) is 18.7. The summed E-state index contributed by atoms with van der Waals surface area (Å²) < 4.78 is 55.9. The molecule has 3 aromatic carbocycles. The van der Waals surface area contributed by atoms with Crippen molar-refractivity contribution < 1.29 is 53.1 Å². The summed E-state index contributed by atoms with van der Waals surface area (Å²) in [5.74, 6) is 3.30. The van der Waals surface area contributed by atoms with Gasteiger partial charge in [-0.3, -0.25) is 0 Å². The van der Waals surface area contributed by atoms with E-state index in [1.165, 1.54) is 47.8 Å². The Kier molecular flexibility index (Phi) is 14.5. The molecule has 0 aliphatic heterocycles. The number of hydrogen-bond donors (Lipinski definition) is 0. The van der Waals surface area contributed by atoms with Crippen molar-refractivity contribution in [3.63, 3.8) is 0 Å². The van der Waals surface area contributed by atoms with Crippen molar-refractivity contribution in [2.45, 2.75) is 57.3 Å². The van der Waals surface area contributed by atoms with Crippen LogP contribution in [0.2, 0.25) is 0 Å². The molecule has 214 valence electrons. The Labute approximate surface area is 243 Å². The lowest BCUT2D eigenvalue weighted by molar-refractivity contribution is -0.598. The molecule has 3 rings (SSSR count). The number of rotatable bonds is 14. The van der Waals surface area contributed by atoms with Gasteiger partial charge in [-0.15, -0.1) is 0 Å². The molecule has 0 heterocycles. The number of hydrogen-bond acceptors (Lipinski definition) is 7. The van der Waals surface area contributed by atoms with E-state index in [1.54, 1.807) is 33.5 Å². The summed E-state index contributed by atoms with van der Waals surface area (Å²) >= 11 is -0.445. The van der Waals surface area contributed by atoms with Crippen molar-refractivity contribution in [3.05, 3.63) is 73.4 Å². The highest BCUT2D eigenvalue weighted by molar-refractivity contribution is 7.85. The van der Waals surface area contributed by atoms with Gasteiger partial charge in [-0.1, -0.05) is 56.7 Å². The molecule has 3 aromatic rings. The van der Waals surface area contributed by atoms with E-state index in [1.807, 2.05) is 19.1 Å². The van der Waals surface area contributed by atoms with E-state index in [0.29, 0.717) is 0 Å². The summed E-state index contributed by atoms with van der Waals surface area (Å²) in [5, 5.41) is 0. The van der Waals surface area contributed by atoms with E-state index in [0.717, 1.165) is 45.2 Å². The largest absolute Gasteiger partial charge is 0.744 e. The molecule has 0 aliphatic rings. The van der Waals surface area contributed by atoms with Crippen molar-refractivity contribution >= 4 is 10.1 Å². The number of ether oxygens (including phenoxy) is 4. The van der Waals surface area contributed by atoms with Crippen molar-refractivity contribution in [2.24, 2.45) is 0 Å². The zero-order chi connectivity index (χ0) is 28.7. The van der Waals surface area contributed by atoms with E-state index in [2.05, 4.69) is 31.2 Å². The van der Waals surface area contributed by atoms with Crippen molar-refractivity contribution in [1.82, 2.24) is 0 Å². The maximum atomic E-state index is 10.4. The van der Waals surface area contributed by atoms with Gasteiger partial charge in [0.2, 0.25) is 0 Å². The second-order valence-corrected chi connectivity index (χ2v) is 13.0. The Balaban J connectivity index is 0.000000404. The Morgan fingerprint density at radius 2 is 1.31 bits per heavy atom. The van der Waals surface area contributed by atoms with Crippen LogP contribution in [0.4, 0.5) is 0 Å². The molecule has 0 atom stereocenters. The van der Waals surface area contributed by atoms with Gasteiger partial charge in [0.25, 0.3) is 3.57 Å². The fourth-order valence-corrected chi connectivity index (χ4v) is 6.63. The highest BCUT2D eigenvalue weighted by Gasteiger charge is 2.28. The van der Waals surface area contributed by atoms with Crippen molar-refractivity contribution in [1.29, 1.82) is 0 Å². The molecule has 0 N–H and O–H groups in total. The van der Waals surface area contributed by atoms with Gasteiger partial charge in [-0.05, 0) is 49.7 Å². The molecular formula is C30H39IO7S. The molecule has 39 heavy (non-hydrogen) atoms. The van der Waals surface area contributed by atoms with Crippen LogP contribution in [0.25, 0.3) is 0 Å². The number of halogens is 1. The van der Waals surface area contributed by atoms with E-state index in [4.69, 9.17) is 18.9 Å². The average Bonchev–Trinajstić information content (AvgIpc) is 2.93. The topological polar surface area (TPSA) is 94.1 Å². The fourth-order valence-electron chi connectivity index (χ4n) is 3.54. The Morgan fingerprint density at radius 3 is 1.82 bits per heavy atom. The Hall–Kier alpha value is -2.50. The first kappa shape index (κ1) is 32.7. The van der Waals surface area contributed by atoms with Crippen LogP contribution in [0.5, 0.6) is 23.0 Å². The normalized spacial score (nSPS) is 10.8. The van der Waals surface area contributed by atoms with Gasteiger partial charge >= 0.3 is 21.2 Å². The number of unbranched alkanes of at least 4 members (excludes halogenated alkanes) is 5. The number of methoxy groups -OCH3 is 3. The molecule has 0 saturated carbocycles. The van der Waals surface area contributed by atoms with Gasteiger partial charge in [0, 0.05) is 12.1 Å². The van der Waals surface area contributed by atoms with Crippen LogP contribution >= 0.6 is 0 Å².